The summed E-state index contributed by atoms with van der Waals surface area (Å²) in [6.07, 6.45) is 3.00. The molecule has 0 saturated carbocycles. The van der Waals surface area contributed by atoms with Gasteiger partial charge in [-0.15, -0.1) is 0 Å². The summed E-state index contributed by atoms with van der Waals surface area (Å²) in [7, 11) is 0. The zero-order chi connectivity index (χ0) is 12.5. The predicted octanol–water partition coefficient (Wildman–Crippen LogP) is 2.82. The number of rotatable bonds is 4. The van der Waals surface area contributed by atoms with Gasteiger partial charge in [0.2, 0.25) is 0 Å². The van der Waals surface area contributed by atoms with Crippen molar-refractivity contribution in [2.24, 2.45) is 5.10 Å². The SMILES string of the molecule is CCOC(=O)N/N=C/C(C)=C/c1ccccc1. The van der Waals surface area contributed by atoms with Gasteiger partial charge in [-0.1, -0.05) is 36.4 Å². The van der Waals surface area contributed by atoms with E-state index in [1.165, 1.54) is 0 Å². The molecular formula is C13H16N2O2. The van der Waals surface area contributed by atoms with Crippen LogP contribution in [0.1, 0.15) is 19.4 Å². The minimum absolute atomic E-state index is 0.334. The highest BCUT2D eigenvalue weighted by Crippen LogP contribution is 2.04. The molecule has 1 aromatic rings. The Bertz CT molecular complexity index is 411. The zero-order valence-electron chi connectivity index (χ0n) is 10.0. The third-order valence-corrected chi connectivity index (χ3v) is 1.89. The lowest BCUT2D eigenvalue weighted by Crippen LogP contribution is -2.18. The minimum atomic E-state index is -0.545. The highest BCUT2D eigenvalue weighted by atomic mass is 16.5. The second-order valence-corrected chi connectivity index (χ2v) is 3.39. The fraction of sp³-hybridized carbons (Fsp3) is 0.231. The topological polar surface area (TPSA) is 50.7 Å². The van der Waals surface area contributed by atoms with Crippen LogP contribution in [0.25, 0.3) is 6.08 Å². The number of benzene rings is 1. The largest absolute Gasteiger partial charge is 0.449 e. The van der Waals surface area contributed by atoms with Gasteiger partial charge in [0, 0.05) is 0 Å². The van der Waals surface area contributed by atoms with Crippen molar-refractivity contribution in [1.29, 1.82) is 0 Å². The summed E-state index contributed by atoms with van der Waals surface area (Å²) >= 11 is 0. The Balaban J connectivity index is 2.49. The Hall–Kier alpha value is -2.10. The van der Waals surface area contributed by atoms with E-state index in [0.29, 0.717) is 6.61 Å². The van der Waals surface area contributed by atoms with E-state index in [1.54, 1.807) is 13.1 Å². The molecule has 0 fully saturated rings. The van der Waals surface area contributed by atoms with Gasteiger partial charge in [-0.3, -0.25) is 0 Å². The second-order valence-electron chi connectivity index (χ2n) is 3.39. The number of hydrazone groups is 1. The molecule has 0 unspecified atom stereocenters. The van der Waals surface area contributed by atoms with Crippen LogP contribution in [0.5, 0.6) is 0 Å². The van der Waals surface area contributed by atoms with Crippen molar-refractivity contribution in [3.63, 3.8) is 0 Å². The molecule has 0 bridgehead atoms. The quantitative estimate of drug-likeness (QED) is 0.641. The lowest BCUT2D eigenvalue weighted by molar-refractivity contribution is 0.152. The molecule has 17 heavy (non-hydrogen) atoms. The van der Waals surface area contributed by atoms with Gasteiger partial charge in [0.05, 0.1) is 12.8 Å². The van der Waals surface area contributed by atoms with Crippen LogP contribution in [0.15, 0.2) is 41.0 Å². The molecule has 1 N–H and O–H groups in total. The Morgan fingerprint density at radius 2 is 2.12 bits per heavy atom. The molecule has 1 aromatic carbocycles. The summed E-state index contributed by atoms with van der Waals surface area (Å²) in [5.74, 6) is 0. The number of ether oxygens (including phenoxy) is 1. The number of hydrogen-bond acceptors (Lipinski definition) is 3. The lowest BCUT2D eigenvalue weighted by atomic mass is 10.1. The molecule has 0 aliphatic carbocycles. The second kappa shape index (κ2) is 7.22. The fourth-order valence-corrected chi connectivity index (χ4v) is 1.20. The first-order chi connectivity index (χ1) is 8.22. The van der Waals surface area contributed by atoms with Crippen molar-refractivity contribution >= 4 is 18.4 Å². The van der Waals surface area contributed by atoms with E-state index in [4.69, 9.17) is 0 Å². The number of allylic oxidation sites excluding steroid dienone is 1. The molecule has 1 rings (SSSR count). The molecule has 0 aliphatic heterocycles. The maximum atomic E-state index is 10.9. The Morgan fingerprint density at radius 3 is 2.76 bits per heavy atom. The van der Waals surface area contributed by atoms with Crippen LogP contribution < -0.4 is 5.43 Å². The van der Waals surface area contributed by atoms with E-state index in [2.05, 4.69) is 15.3 Å². The summed E-state index contributed by atoms with van der Waals surface area (Å²) in [5, 5.41) is 3.77. The summed E-state index contributed by atoms with van der Waals surface area (Å²) in [4.78, 5) is 10.9. The monoisotopic (exact) mass is 232 g/mol. The van der Waals surface area contributed by atoms with Crippen LogP contribution in [0.2, 0.25) is 0 Å². The zero-order valence-corrected chi connectivity index (χ0v) is 10.0. The number of hydrogen-bond donors (Lipinski definition) is 1. The average Bonchev–Trinajstić information content (AvgIpc) is 2.30. The number of nitrogens with zero attached hydrogens (tertiary/aromatic N) is 1. The highest BCUT2D eigenvalue weighted by molar-refractivity contribution is 5.85. The molecular weight excluding hydrogens is 216 g/mol. The van der Waals surface area contributed by atoms with Gasteiger partial charge in [0.1, 0.15) is 0 Å². The molecule has 0 aromatic heterocycles. The Labute approximate surface area is 101 Å². The molecule has 0 spiro atoms. The lowest BCUT2D eigenvalue weighted by Gasteiger charge is -1.98. The van der Waals surface area contributed by atoms with E-state index in [9.17, 15) is 4.79 Å². The van der Waals surface area contributed by atoms with Crippen molar-refractivity contribution in [3.8, 4) is 0 Å². The van der Waals surface area contributed by atoms with Crippen molar-refractivity contribution in [2.75, 3.05) is 6.61 Å². The third kappa shape index (κ3) is 5.51. The van der Waals surface area contributed by atoms with Gasteiger partial charge in [-0.05, 0) is 25.0 Å². The van der Waals surface area contributed by atoms with E-state index in [-0.39, 0.29) is 0 Å². The number of carbonyl (C=O) groups is 1. The number of carbonyl (C=O) groups excluding carboxylic acids is 1. The average molecular weight is 232 g/mol. The summed E-state index contributed by atoms with van der Waals surface area (Å²) in [6, 6.07) is 9.88. The van der Waals surface area contributed by atoms with Gasteiger partial charge in [0.25, 0.3) is 0 Å². The van der Waals surface area contributed by atoms with E-state index in [0.717, 1.165) is 11.1 Å². The maximum absolute atomic E-state index is 10.9. The summed E-state index contributed by atoms with van der Waals surface area (Å²) in [5.41, 5.74) is 4.30. The van der Waals surface area contributed by atoms with E-state index >= 15 is 0 Å². The van der Waals surface area contributed by atoms with Crippen molar-refractivity contribution < 1.29 is 9.53 Å². The van der Waals surface area contributed by atoms with E-state index in [1.807, 2.05) is 43.3 Å². The Kier molecular flexibility index (Phi) is 5.51. The van der Waals surface area contributed by atoms with Crippen LogP contribution in [0.3, 0.4) is 0 Å². The molecule has 0 aliphatic rings. The summed E-state index contributed by atoms with van der Waals surface area (Å²) in [6.45, 7) is 3.98. The molecule has 0 heterocycles. The van der Waals surface area contributed by atoms with Gasteiger partial charge >= 0.3 is 6.09 Å². The molecule has 0 atom stereocenters. The first-order valence-corrected chi connectivity index (χ1v) is 5.41. The fourth-order valence-electron chi connectivity index (χ4n) is 1.20. The predicted molar refractivity (Wildman–Crippen MR) is 68.7 cm³/mol. The van der Waals surface area contributed by atoms with Crippen molar-refractivity contribution in [3.05, 3.63) is 41.5 Å². The normalized spacial score (nSPS) is 11.5. The molecule has 1 amide bonds. The van der Waals surface area contributed by atoms with Crippen LogP contribution >= 0.6 is 0 Å². The summed E-state index contributed by atoms with van der Waals surface area (Å²) < 4.78 is 4.66. The van der Waals surface area contributed by atoms with Crippen LogP contribution in [0, 0.1) is 0 Å². The van der Waals surface area contributed by atoms with Crippen molar-refractivity contribution in [1.82, 2.24) is 5.43 Å². The number of amides is 1. The maximum Gasteiger partial charge on any atom is 0.427 e. The van der Waals surface area contributed by atoms with Crippen LogP contribution in [-0.2, 0) is 4.74 Å². The first kappa shape index (κ1) is 13.0. The number of nitrogens with one attached hydrogen (secondary N) is 1. The minimum Gasteiger partial charge on any atom is -0.449 e. The Morgan fingerprint density at radius 1 is 1.41 bits per heavy atom. The van der Waals surface area contributed by atoms with Gasteiger partial charge in [0.15, 0.2) is 0 Å². The van der Waals surface area contributed by atoms with Gasteiger partial charge < -0.3 is 4.74 Å². The van der Waals surface area contributed by atoms with E-state index < -0.39 is 6.09 Å². The molecule has 4 nitrogen and oxygen atoms in total. The molecule has 0 saturated heterocycles. The van der Waals surface area contributed by atoms with Gasteiger partial charge in [-0.2, -0.15) is 5.10 Å². The first-order valence-electron chi connectivity index (χ1n) is 5.41. The standard InChI is InChI=1S/C13H16N2O2/c1-3-17-13(16)15-14-10-11(2)9-12-7-5-4-6-8-12/h4-10H,3H2,1-2H3,(H,15,16)/b11-9+,14-10+. The molecule has 4 heteroatoms. The van der Waals surface area contributed by atoms with Crippen LogP contribution in [0.4, 0.5) is 4.79 Å². The smallest absolute Gasteiger partial charge is 0.427 e. The molecule has 0 radical (unpaired) electrons. The van der Waals surface area contributed by atoms with Crippen LogP contribution in [-0.4, -0.2) is 18.9 Å². The van der Waals surface area contributed by atoms with Gasteiger partial charge in [-0.25, -0.2) is 10.2 Å². The van der Waals surface area contributed by atoms with Crippen molar-refractivity contribution in [2.45, 2.75) is 13.8 Å². The third-order valence-electron chi connectivity index (χ3n) is 1.89. The molecule has 90 valence electrons. The highest BCUT2D eigenvalue weighted by Gasteiger charge is 1.94.